The van der Waals surface area contributed by atoms with Gasteiger partial charge < -0.3 is 5.11 Å². The van der Waals surface area contributed by atoms with Crippen LogP contribution in [-0.4, -0.2) is 17.0 Å². The Morgan fingerprint density at radius 2 is 2.13 bits per heavy atom. The predicted molar refractivity (Wildman–Crippen MR) is 61.7 cm³/mol. The fourth-order valence-electron chi connectivity index (χ4n) is 2.01. The van der Waals surface area contributed by atoms with Gasteiger partial charge in [-0.3, -0.25) is 4.79 Å². The highest BCUT2D eigenvalue weighted by Gasteiger charge is 2.17. The molecule has 0 aromatic rings. The smallest absolute Gasteiger partial charge is 0.158 e. The SMILES string of the molecule is CCCCCC[C@@H](O)/C=C1/CCCC1=O. The van der Waals surface area contributed by atoms with Crippen LogP contribution in [0.25, 0.3) is 0 Å². The van der Waals surface area contributed by atoms with E-state index in [0.717, 1.165) is 31.3 Å². The van der Waals surface area contributed by atoms with E-state index >= 15 is 0 Å². The molecule has 0 aromatic carbocycles. The van der Waals surface area contributed by atoms with Crippen LogP contribution in [0, 0.1) is 0 Å². The third-order valence-corrected chi connectivity index (χ3v) is 2.96. The maximum absolute atomic E-state index is 11.3. The second-order valence-electron chi connectivity index (χ2n) is 4.39. The molecule has 1 N–H and O–H groups in total. The summed E-state index contributed by atoms with van der Waals surface area (Å²) >= 11 is 0. The van der Waals surface area contributed by atoms with Crippen LogP contribution in [0.15, 0.2) is 11.6 Å². The predicted octanol–water partition coefficient (Wildman–Crippen LogP) is 3.00. The first-order chi connectivity index (χ1) is 7.24. The number of ketones is 1. The molecule has 0 saturated heterocycles. The standard InChI is InChI=1S/C13H22O2/c1-2-3-4-5-8-12(14)10-11-7-6-9-13(11)15/h10,12,14H,2-9H2,1H3/b11-10-/t12-/m1/s1. The van der Waals surface area contributed by atoms with Gasteiger partial charge in [0.1, 0.15) is 0 Å². The Bertz CT molecular complexity index is 231. The summed E-state index contributed by atoms with van der Waals surface area (Å²) in [5.41, 5.74) is 0.859. The van der Waals surface area contributed by atoms with Crippen molar-refractivity contribution in [1.82, 2.24) is 0 Å². The molecular formula is C13H22O2. The Labute approximate surface area is 92.4 Å². The molecule has 0 aromatic heterocycles. The van der Waals surface area contributed by atoms with Crippen molar-refractivity contribution in [2.24, 2.45) is 0 Å². The number of Topliss-reactive ketones (excluding diaryl/α,β-unsaturated/α-hetero) is 1. The van der Waals surface area contributed by atoms with Crippen molar-refractivity contribution in [2.75, 3.05) is 0 Å². The summed E-state index contributed by atoms with van der Waals surface area (Å²) in [5, 5.41) is 9.70. The molecule has 1 aliphatic rings. The van der Waals surface area contributed by atoms with Gasteiger partial charge in [-0.2, -0.15) is 0 Å². The lowest BCUT2D eigenvalue weighted by atomic mass is 10.1. The Kier molecular flexibility index (Phi) is 5.62. The van der Waals surface area contributed by atoms with E-state index in [-0.39, 0.29) is 5.78 Å². The summed E-state index contributed by atoms with van der Waals surface area (Å²) in [6.45, 7) is 2.18. The van der Waals surface area contributed by atoms with E-state index in [2.05, 4.69) is 6.92 Å². The van der Waals surface area contributed by atoms with Crippen LogP contribution in [0.2, 0.25) is 0 Å². The zero-order chi connectivity index (χ0) is 11.1. The highest BCUT2D eigenvalue weighted by Crippen LogP contribution is 2.21. The summed E-state index contributed by atoms with van der Waals surface area (Å²) in [4.78, 5) is 11.3. The van der Waals surface area contributed by atoms with E-state index in [1.807, 2.05) is 0 Å². The number of unbranched alkanes of at least 4 members (excludes halogenated alkanes) is 3. The molecular weight excluding hydrogens is 188 g/mol. The van der Waals surface area contributed by atoms with E-state index in [4.69, 9.17) is 0 Å². The van der Waals surface area contributed by atoms with Crippen molar-refractivity contribution in [3.63, 3.8) is 0 Å². The van der Waals surface area contributed by atoms with Crippen LogP contribution in [0.4, 0.5) is 0 Å². The molecule has 86 valence electrons. The molecule has 1 saturated carbocycles. The van der Waals surface area contributed by atoms with E-state index in [0.29, 0.717) is 6.42 Å². The topological polar surface area (TPSA) is 37.3 Å². The van der Waals surface area contributed by atoms with Gasteiger partial charge in [-0.15, -0.1) is 0 Å². The largest absolute Gasteiger partial charge is 0.389 e. The maximum Gasteiger partial charge on any atom is 0.158 e. The molecule has 0 heterocycles. The molecule has 0 amide bonds. The lowest BCUT2D eigenvalue weighted by molar-refractivity contribution is -0.114. The van der Waals surface area contributed by atoms with Gasteiger partial charge in [0.25, 0.3) is 0 Å². The lowest BCUT2D eigenvalue weighted by Gasteiger charge is -2.06. The van der Waals surface area contributed by atoms with Crippen molar-refractivity contribution in [2.45, 2.75) is 64.4 Å². The van der Waals surface area contributed by atoms with E-state index in [9.17, 15) is 9.90 Å². The lowest BCUT2D eigenvalue weighted by Crippen LogP contribution is -2.05. The van der Waals surface area contributed by atoms with Gasteiger partial charge in [-0.1, -0.05) is 32.6 Å². The summed E-state index contributed by atoms with van der Waals surface area (Å²) in [6, 6.07) is 0. The Balaban J connectivity index is 2.22. The Hall–Kier alpha value is -0.630. The van der Waals surface area contributed by atoms with E-state index in [1.165, 1.54) is 19.3 Å². The van der Waals surface area contributed by atoms with Gasteiger partial charge in [0.05, 0.1) is 6.10 Å². The van der Waals surface area contributed by atoms with Crippen molar-refractivity contribution < 1.29 is 9.90 Å². The Morgan fingerprint density at radius 1 is 1.33 bits per heavy atom. The molecule has 1 atom stereocenters. The quantitative estimate of drug-likeness (QED) is 0.540. The molecule has 0 radical (unpaired) electrons. The van der Waals surface area contributed by atoms with Crippen molar-refractivity contribution in [1.29, 1.82) is 0 Å². The molecule has 0 unspecified atom stereocenters. The summed E-state index contributed by atoms with van der Waals surface area (Å²) in [5.74, 6) is 0.239. The third-order valence-electron chi connectivity index (χ3n) is 2.96. The minimum atomic E-state index is -0.404. The van der Waals surface area contributed by atoms with Gasteiger partial charge in [-0.25, -0.2) is 0 Å². The number of aliphatic hydroxyl groups is 1. The van der Waals surface area contributed by atoms with E-state index in [1.54, 1.807) is 6.08 Å². The molecule has 2 nitrogen and oxygen atoms in total. The number of hydrogen-bond donors (Lipinski definition) is 1. The average molecular weight is 210 g/mol. The monoisotopic (exact) mass is 210 g/mol. The first-order valence-corrected chi connectivity index (χ1v) is 6.16. The second kappa shape index (κ2) is 6.78. The van der Waals surface area contributed by atoms with Crippen LogP contribution in [0.3, 0.4) is 0 Å². The maximum atomic E-state index is 11.3. The molecule has 0 aliphatic heterocycles. The first kappa shape index (κ1) is 12.4. The zero-order valence-corrected chi connectivity index (χ0v) is 9.67. The van der Waals surface area contributed by atoms with Crippen LogP contribution in [0.5, 0.6) is 0 Å². The van der Waals surface area contributed by atoms with Crippen LogP contribution >= 0.6 is 0 Å². The van der Waals surface area contributed by atoms with Crippen molar-refractivity contribution in [3.05, 3.63) is 11.6 Å². The molecule has 0 spiro atoms. The molecule has 15 heavy (non-hydrogen) atoms. The zero-order valence-electron chi connectivity index (χ0n) is 9.67. The van der Waals surface area contributed by atoms with E-state index < -0.39 is 6.10 Å². The van der Waals surface area contributed by atoms with Gasteiger partial charge in [0, 0.05) is 6.42 Å². The number of hydrogen-bond acceptors (Lipinski definition) is 2. The minimum absolute atomic E-state index is 0.239. The summed E-state index contributed by atoms with van der Waals surface area (Å²) < 4.78 is 0. The fraction of sp³-hybridized carbons (Fsp3) is 0.769. The first-order valence-electron chi connectivity index (χ1n) is 6.16. The van der Waals surface area contributed by atoms with Crippen LogP contribution < -0.4 is 0 Å². The molecule has 1 aliphatic carbocycles. The van der Waals surface area contributed by atoms with Crippen LogP contribution in [0.1, 0.15) is 58.3 Å². The molecule has 1 rings (SSSR count). The minimum Gasteiger partial charge on any atom is -0.389 e. The summed E-state index contributed by atoms with van der Waals surface area (Å²) in [7, 11) is 0. The normalized spacial score (nSPS) is 21.2. The molecule has 0 bridgehead atoms. The third kappa shape index (κ3) is 4.61. The number of allylic oxidation sites excluding steroid dienone is 1. The number of rotatable bonds is 6. The van der Waals surface area contributed by atoms with Gasteiger partial charge in [0.2, 0.25) is 0 Å². The van der Waals surface area contributed by atoms with Gasteiger partial charge >= 0.3 is 0 Å². The second-order valence-corrected chi connectivity index (χ2v) is 4.39. The Morgan fingerprint density at radius 3 is 2.73 bits per heavy atom. The number of carbonyl (C=O) groups is 1. The highest BCUT2D eigenvalue weighted by molar-refractivity contribution is 5.97. The molecule has 2 heteroatoms. The van der Waals surface area contributed by atoms with Gasteiger partial charge in [-0.05, 0) is 30.9 Å². The average Bonchev–Trinajstić information content (AvgIpc) is 2.59. The van der Waals surface area contributed by atoms with Crippen LogP contribution in [-0.2, 0) is 4.79 Å². The van der Waals surface area contributed by atoms with Gasteiger partial charge in [0.15, 0.2) is 5.78 Å². The highest BCUT2D eigenvalue weighted by atomic mass is 16.3. The fourth-order valence-corrected chi connectivity index (χ4v) is 2.01. The summed E-state index contributed by atoms with van der Waals surface area (Å²) in [6.07, 6.45) is 9.39. The number of carbonyl (C=O) groups excluding carboxylic acids is 1. The van der Waals surface area contributed by atoms with Crippen molar-refractivity contribution in [3.8, 4) is 0 Å². The molecule has 1 fully saturated rings. The van der Waals surface area contributed by atoms with Crippen molar-refractivity contribution >= 4 is 5.78 Å². The number of aliphatic hydroxyl groups excluding tert-OH is 1.